The fourth-order valence-corrected chi connectivity index (χ4v) is 3.55. The summed E-state index contributed by atoms with van der Waals surface area (Å²) in [6.07, 6.45) is 2.71. The van der Waals surface area contributed by atoms with Crippen molar-refractivity contribution >= 4 is 8.07 Å². The standard InChI is InChI=1S/C9H18OSi.2Li/c1-11(2,3)7-8-4-5-9(10)6-8;;/h7-9H,4-6H2,1-3H3;;/q-2;2*+1. The van der Waals surface area contributed by atoms with Crippen molar-refractivity contribution in [1.29, 1.82) is 0 Å². The van der Waals surface area contributed by atoms with Gasteiger partial charge in [0.25, 0.3) is 0 Å². The van der Waals surface area contributed by atoms with Gasteiger partial charge in [-0.25, -0.2) is 0 Å². The molecular formula is C9H18Li2OSi. The molecular weight excluding hydrogens is 166 g/mol. The Hall–Kier alpha value is 1.37. The average molecular weight is 184 g/mol. The second-order valence-electron chi connectivity index (χ2n) is 4.73. The van der Waals surface area contributed by atoms with Crippen LogP contribution >= 0.6 is 0 Å². The van der Waals surface area contributed by atoms with Crippen LogP contribution in [-0.4, -0.2) is 14.2 Å². The molecule has 1 nitrogen and oxygen atoms in total. The second-order valence-corrected chi connectivity index (χ2v) is 9.79. The van der Waals surface area contributed by atoms with E-state index in [9.17, 15) is 5.11 Å². The summed E-state index contributed by atoms with van der Waals surface area (Å²) in [4.78, 5) is 0. The van der Waals surface area contributed by atoms with E-state index in [0.717, 1.165) is 19.3 Å². The molecule has 0 N–H and O–H groups in total. The molecule has 1 rings (SSSR count). The first-order valence-corrected chi connectivity index (χ1v) is 8.07. The monoisotopic (exact) mass is 184 g/mol. The molecule has 0 aromatic heterocycles. The fourth-order valence-electron chi connectivity index (χ4n) is 1.83. The average Bonchev–Trinajstić information content (AvgIpc) is 2.10. The summed E-state index contributed by atoms with van der Waals surface area (Å²) in [6.45, 7) is 7.02. The van der Waals surface area contributed by atoms with Crippen LogP contribution in [0.25, 0.3) is 0 Å². The third-order valence-electron chi connectivity index (χ3n) is 2.16. The van der Waals surface area contributed by atoms with E-state index in [-0.39, 0.29) is 43.8 Å². The predicted octanol–water partition coefficient (Wildman–Crippen LogP) is -4.39. The zero-order chi connectivity index (χ0) is 8.48. The molecule has 1 aliphatic rings. The number of hydrogen-bond acceptors (Lipinski definition) is 1. The molecule has 4 heteroatoms. The Morgan fingerprint density at radius 1 is 1.15 bits per heavy atom. The SMILES string of the molecule is C[Si](C)(C)[CH-]C1CCC([O-])C1.[Li+].[Li+]. The molecule has 0 aliphatic heterocycles. The van der Waals surface area contributed by atoms with Gasteiger partial charge in [0.15, 0.2) is 0 Å². The minimum atomic E-state index is -1.02. The van der Waals surface area contributed by atoms with Gasteiger partial charge >= 0.3 is 37.7 Å². The van der Waals surface area contributed by atoms with Gasteiger partial charge in [0, 0.05) is 0 Å². The van der Waals surface area contributed by atoms with Gasteiger partial charge in [-0.15, -0.1) is 14.2 Å². The van der Waals surface area contributed by atoms with E-state index < -0.39 is 8.07 Å². The van der Waals surface area contributed by atoms with Crippen molar-refractivity contribution in [3.8, 4) is 0 Å². The van der Waals surface area contributed by atoms with Crippen molar-refractivity contribution in [1.82, 2.24) is 0 Å². The van der Waals surface area contributed by atoms with E-state index in [4.69, 9.17) is 0 Å². The maximum absolute atomic E-state index is 11.0. The molecule has 2 atom stereocenters. The van der Waals surface area contributed by atoms with Crippen LogP contribution in [0, 0.1) is 12.0 Å². The topological polar surface area (TPSA) is 23.1 Å². The molecule has 0 aromatic carbocycles. The summed E-state index contributed by atoms with van der Waals surface area (Å²) in [5.41, 5.74) is 0. The van der Waals surface area contributed by atoms with Gasteiger partial charge in [-0.2, -0.15) is 5.92 Å². The van der Waals surface area contributed by atoms with Crippen molar-refractivity contribution in [2.75, 3.05) is 0 Å². The van der Waals surface area contributed by atoms with E-state index in [0.29, 0.717) is 5.92 Å². The third-order valence-corrected chi connectivity index (χ3v) is 3.63. The summed E-state index contributed by atoms with van der Waals surface area (Å²) in [6, 6.07) is 2.48. The van der Waals surface area contributed by atoms with Crippen LogP contribution in [-0.2, 0) is 0 Å². The van der Waals surface area contributed by atoms with Gasteiger partial charge in [-0.3, -0.25) is 0 Å². The maximum Gasteiger partial charge on any atom is 1.00 e. The van der Waals surface area contributed by atoms with Gasteiger partial charge in [0.2, 0.25) is 0 Å². The van der Waals surface area contributed by atoms with E-state index >= 15 is 0 Å². The first kappa shape index (κ1) is 16.8. The van der Waals surface area contributed by atoms with Crippen LogP contribution in [0.4, 0.5) is 0 Å². The Morgan fingerprint density at radius 3 is 2.00 bits per heavy atom. The molecule has 0 spiro atoms. The molecule has 0 amide bonds. The van der Waals surface area contributed by atoms with Crippen molar-refractivity contribution < 1.29 is 42.8 Å². The molecule has 2 unspecified atom stereocenters. The zero-order valence-corrected chi connectivity index (χ0v) is 10.8. The van der Waals surface area contributed by atoms with Gasteiger partial charge in [0.05, 0.1) is 0 Å². The number of rotatable bonds is 2. The Labute approximate surface area is 107 Å². The van der Waals surface area contributed by atoms with Gasteiger partial charge < -0.3 is 11.2 Å². The maximum atomic E-state index is 11.0. The summed E-state index contributed by atoms with van der Waals surface area (Å²) in [5.74, 6) is 0.657. The molecule has 0 aromatic rings. The van der Waals surface area contributed by atoms with Crippen molar-refractivity contribution in [3.63, 3.8) is 0 Å². The summed E-state index contributed by atoms with van der Waals surface area (Å²) >= 11 is 0. The van der Waals surface area contributed by atoms with Gasteiger partial charge in [-0.1, -0.05) is 38.9 Å². The predicted molar refractivity (Wildman–Crippen MR) is 48.8 cm³/mol. The molecule has 1 aliphatic carbocycles. The van der Waals surface area contributed by atoms with E-state index in [1.165, 1.54) is 0 Å². The fraction of sp³-hybridized carbons (Fsp3) is 0.889. The van der Waals surface area contributed by atoms with Crippen LogP contribution in [0.1, 0.15) is 19.3 Å². The smallest absolute Gasteiger partial charge is 0.852 e. The Morgan fingerprint density at radius 2 is 1.69 bits per heavy atom. The first-order valence-electron chi connectivity index (χ1n) is 4.49. The van der Waals surface area contributed by atoms with E-state index in [1.807, 2.05) is 0 Å². The summed E-state index contributed by atoms with van der Waals surface area (Å²) < 4.78 is 0. The van der Waals surface area contributed by atoms with Crippen LogP contribution in [0.5, 0.6) is 0 Å². The normalized spacial score (nSPS) is 27.7. The van der Waals surface area contributed by atoms with Crippen molar-refractivity contribution in [3.05, 3.63) is 6.04 Å². The molecule has 66 valence electrons. The van der Waals surface area contributed by atoms with Crippen LogP contribution in [0.15, 0.2) is 0 Å². The molecule has 0 radical (unpaired) electrons. The van der Waals surface area contributed by atoms with E-state index in [1.54, 1.807) is 0 Å². The largest absolute Gasteiger partial charge is 1.00 e. The Bertz CT molecular complexity index is 136. The first-order chi connectivity index (χ1) is 4.97. The van der Waals surface area contributed by atoms with Gasteiger partial charge in [-0.05, 0) is 0 Å². The van der Waals surface area contributed by atoms with Crippen molar-refractivity contribution in [2.45, 2.75) is 45.0 Å². The Kier molecular flexibility index (Phi) is 8.76. The molecule has 0 bridgehead atoms. The molecule has 13 heavy (non-hydrogen) atoms. The molecule has 1 fully saturated rings. The summed E-state index contributed by atoms with van der Waals surface area (Å²) in [5, 5.41) is 11.0. The second kappa shape index (κ2) is 6.78. The molecule has 1 saturated carbocycles. The van der Waals surface area contributed by atoms with Gasteiger partial charge in [0.1, 0.15) is 0 Å². The van der Waals surface area contributed by atoms with Crippen molar-refractivity contribution in [2.24, 2.45) is 5.92 Å². The van der Waals surface area contributed by atoms with Crippen LogP contribution < -0.4 is 42.8 Å². The third kappa shape index (κ3) is 7.32. The Balaban J connectivity index is 0. The van der Waals surface area contributed by atoms with Crippen LogP contribution in [0.3, 0.4) is 0 Å². The minimum Gasteiger partial charge on any atom is -0.852 e. The van der Waals surface area contributed by atoms with Crippen LogP contribution in [0.2, 0.25) is 19.6 Å². The van der Waals surface area contributed by atoms with E-state index in [2.05, 4.69) is 25.7 Å². The molecule has 0 heterocycles. The quantitative estimate of drug-likeness (QED) is 0.314. The zero-order valence-electron chi connectivity index (χ0n) is 9.76. The summed E-state index contributed by atoms with van der Waals surface area (Å²) in [7, 11) is -1.02. The number of hydrogen-bond donors (Lipinski definition) is 0. The molecule has 0 saturated heterocycles. The minimum absolute atomic E-state index is 0.